The number of hydrogen-bond acceptors (Lipinski definition) is 6. The lowest BCUT2D eigenvalue weighted by Gasteiger charge is -2.28. The number of carbonyl (C=O) groups is 4. The van der Waals surface area contributed by atoms with E-state index in [2.05, 4.69) is 16.0 Å². The Morgan fingerprint density at radius 1 is 1.13 bits per heavy atom. The van der Waals surface area contributed by atoms with Gasteiger partial charge in [-0.2, -0.15) is 0 Å². The van der Waals surface area contributed by atoms with Crippen LogP contribution in [0.4, 0.5) is 4.79 Å². The highest BCUT2D eigenvalue weighted by Crippen LogP contribution is 2.20. The molecule has 0 saturated heterocycles. The number of amides is 3. The van der Waals surface area contributed by atoms with Gasteiger partial charge < -0.3 is 25.4 Å². The maximum absolute atomic E-state index is 12.4. The third-order valence-electron chi connectivity index (χ3n) is 4.47. The van der Waals surface area contributed by atoms with Gasteiger partial charge in [0, 0.05) is 6.92 Å². The van der Waals surface area contributed by atoms with Crippen molar-refractivity contribution < 1.29 is 28.7 Å². The molecular formula is C21H27N3O6. The SMILES string of the molecule is CCOC(=O)C1=C(COC(=O)C[C@H](NC(C)=O)c2ccccc2)NC(=O)N[C@H]1CC. The molecule has 0 fully saturated rings. The molecular weight excluding hydrogens is 390 g/mol. The van der Waals surface area contributed by atoms with E-state index in [9.17, 15) is 19.2 Å². The molecule has 9 heteroatoms. The van der Waals surface area contributed by atoms with Gasteiger partial charge in [-0.1, -0.05) is 37.3 Å². The monoisotopic (exact) mass is 417 g/mol. The zero-order valence-corrected chi connectivity index (χ0v) is 17.3. The number of ether oxygens (including phenoxy) is 2. The molecule has 30 heavy (non-hydrogen) atoms. The molecule has 0 aliphatic carbocycles. The van der Waals surface area contributed by atoms with Crippen LogP contribution in [-0.2, 0) is 23.9 Å². The van der Waals surface area contributed by atoms with E-state index in [1.165, 1.54) is 6.92 Å². The Morgan fingerprint density at radius 2 is 1.83 bits per heavy atom. The number of nitrogens with one attached hydrogen (secondary N) is 3. The van der Waals surface area contributed by atoms with Crippen LogP contribution in [-0.4, -0.2) is 43.1 Å². The minimum atomic E-state index is -0.589. The van der Waals surface area contributed by atoms with Gasteiger partial charge in [0.2, 0.25) is 5.91 Å². The van der Waals surface area contributed by atoms with Gasteiger partial charge in [-0.25, -0.2) is 9.59 Å². The predicted molar refractivity (Wildman–Crippen MR) is 108 cm³/mol. The summed E-state index contributed by atoms with van der Waals surface area (Å²) in [6, 6.07) is 7.47. The predicted octanol–water partition coefficient (Wildman–Crippen LogP) is 1.71. The number of benzene rings is 1. The summed E-state index contributed by atoms with van der Waals surface area (Å²) in [6.45, 7) is 4.75. The van der Waals surface area contributed by atoms with Crippen LogP contribution >= 0.6 is 0 Å². The first-order chi connectivity index (χ1) is 14.3. The van der Waals surface area contributed by atoms with Gasteiger partial charge in [0.15, 0.2) is 0 Å². The third kappa shape index (κ3) is 6.33. The quantitative estimate of drug-likeness (QED) is 0.526. The van der Waals surface area contributed by atoms with Gasteiger partial charge in [-0.15, -0.1) is 0 Å². The van der Waals surface area contributed by atoms with Gasteiger partial charge in [0.05, 0.1) is 36.4 Å². The Hall–Kier alpha value is -3.36. The van der Waals surface area contributed by atoms with Gasteiger partial charge >= 0.3 is 18.0 Å². The van der Waals surface area contributed by atoms with Crippen molar-refractivity contribution in [1.29, 1.82) is 0 Å². The van der Waals surface area contributed by atoms with Crippen molar-refractivity contribution in [1.82, 2.24) is 16.0 Å². The Morgan fingerprint density at radius 3 is 2.43 bits per heavy atom. The zero-order chi connectivity index (χ0) is 22.1. The highest BCUT2D eigenvalue weighted by Gasteiger charge is 2.32. The lowest BCUT2D eigenvalue weighted by molar-refractivity contribution is -0.144. The van der Waals surface area contributed by atoms with Crippen LogP contribution in [0.2, 0.25) is 0 Å². The summed E-state index contributed by atoms with van der Waals surface area (Å²) < 4.78 is 10.4. The van der Waals surface area contributed by atoms with Crippen molar-refractivity contribution in [2.75, 3.05) is 13.2 Å². The van der Waals surface area contributed by atoms with Crippen LogP contribution < -0.4 is 16.0 Å². The van der Waals surface area contributed by atoms with Crippen molar-refractivity contribution in [2.45, 2.75) is 45.7 Å². The second kappa shape index (κ2) is 11.0. The molecule has 0 saturated carbocycles. The van der Waals surface area contributed by atoms with Gasteiger partial charge in [-0.05, 0) is 18.9 Å². The smallest absolute Gasteiger partial charge is 0.338 e. The molecule has 3 N–H and O–H groups in total. The summed E-state index contributed by atoms with van der Waals surface area (Å²) in [5.41, 5.74) is 1.18. The van der Waals surface area contributed by atoms with Crippen molar-refractivity contribution in [3.63, 3.8) is 0 Å². The van der Waals surface area contributed by atoms with E-state index in [0.717, 1.165) is 5.56 Å². The second-order valence-corrected chi connectivity index (χ2v) is 6.70. The average molecular weight is 417 g/mol. The van der Waals surface area contributed by atoms with Crippen LogP contribution in [0.15, 0.2) is 41.6 Å². The lowest BCUT2D eigenvalue weighted by atomic mass is 10.0. The van der Waals surface area contributed by atoms with Crippen LogP contribution in [0.25, 0.3) is 0 Å². The summed E-state index contributed by atoms with van der Waals surface area (Å²) in [7, 11) is 0. The first-order valence-electron chi connectivity index (χ1n) is 9.81. The van der Waals surface area contributed by atoms with E-state index >= 15 is 0 Å². The van der Waals surface area contributed by atoms with E-state index in [4.69, 9.17) is 9.47 Å². The molecule has 9 nitrogen and oxygen atoms in total. The van der Waals surface area contributed by atoms with Crippen LogP contribution in [0.1, 0.15) is 45.2 Å². The van der Waals surface area contributed by atoms with E-state index in [-0.39, 0.29) is 36.8 Å². The molecule has 1 aliphatic heterocycles. The van der Waals surface area contributed by atoms with Crippen molar-refractivity contribution in [3.05, 3.63) is 47.2 Å². The molecule has 0 bridgehead atoms. The van der Waals surface area contributed by atoms with E-state index in [0.29, 0.717) is 6.42 Å². The van der Waals surface area contributed by atoms with Gasteiger partial charge in [0.1, 0.15) is 6.61 Å². The molecule has 3 amide bonds. The van der Waals surface area contributed by atoms with Crippen molar-refractivity contribution in [2.24, 2.45) is 0 Å². The number of esters is 2. The molecule has 2 rings (SSSR count). The summed E-state index contributed by atoms with van der Waals surface area (Å²) in [6.07, 6.45) is 0.368. The minimum absolute atomic E-state index is 0.102. The minimum Gasteiger partial charge on any atom is -0.463 e. The molecule has 0 radical (unpaired) electrons. The maximum Gasteiger partial charge on any atom is 0.338 e. The van der Waals surface area contributed by atoms with Gasteiger partial charge in [-0.3, -0.25) is 9.59 Å². The molecule has 2 atom stereocenters. The fourth-order valence-corrected chi connectivity index (χ4v) is 3.14. The van der Waals surface area contributed by atoms with E-state index in [1.807, 2.05) is 13.0 Å². The summed E-state index contributed by atoms with van der Waals surface area (Å²) in [5.74, 6) is -1.45. The number of urea groups is 1. The Bertz CT molecular complexity index is 821. The highest BCUT2D eigenvalue weighted by atomic mass is 16.5. The number of rotatable bonds is 9. The first kappa shape index (κ1) is 22.9. The fraction of sp³-hybridized carbons (Fsp3) is 0.429. The third-order valence-corrected chi connectivity index (χ3v) is 4.47. The Kier molecular flexibility index (Phi) is 8.40. The van der Waals surface area contributed by atoms with Crippen LogP contribution in [0.5, 0.6) is 0 Å². The number of carbonyl (C=O) groups excluding carboxylic acids is 4. The molecule has 0 unspecified atom stereocenters. The Labute approximate surface area is 175 Å². The largest absolute Gasteiger partial charge is 0.463 e. The normalized spacial score (nSPS) is 16.8. The van der Waals surface area contributed by atoms with Crippen LogP contribution in [0.3, 0.4) is 0 Å². The van der Waals surface area contributed by atoms with Gasteiger partial charge in [0.25, 0.3) is 0 Å². The van der Waals surface area contributed by atoms with Crippen LogP contribution in [0, 0.1) is 0 Å². The lowest BCUT2D eigenvalue weighted by Crippen LogP contribution is -2.51. The fourth-order valence-electron chi connectivity index (χ4n) is 3.14. The second-order valence-electron chi connectivity index (χ2n) is 6.70. The topological polar surface area (TPSA) is 123 Å². The van der Waals surface area contributed by atoms with E-state index < -0.39 is 30.1 Å². The molecule has 1 heterocycles. The summed E-state index contributed by atoms with van der Waals surface area (Å²) in [4.78, 5) is 48.2. The summed E-state index contributed by atoms with van der Waals surface area (Å²) in [5, 5.41) is 7.90. The standard InChI is InChI=1S/C21H27N3O6/c1-4-15-19(20(27)29-5-2)17(24-21(28)23-15)12-30-18(26)11-16(22-13(3)25)14-9-7-6-8-10-14/h6-10,15-16H,4-5,11-12H2,1-3H3,(H,22,25)(H2,23,24,28)/t15-,16-/m0/s1. The molecule has 1 aromatic rings. The zero-order valence-electron chi connectivity index (χ0n) is 17.3. The first-order valence-corrected chi connectivity index (χ1v) is 9.81. The molecule has 1 aromatic carbocycles. The number of hydrogen-bond donors (Lipinski definition) is 3. The van der Waals surface area contributed by atoms with Crippen molar-refractivity contribution >= 4 is 23.9 Å². The van der Waals surface area contributed by atoms with Crippen molar-refractivity contribution in [3.8, 4) is 0 Å². The molecule has 0 spiro atoms. The molecule has 162 valence electrons. The summed E-state index contributed by atoms with van der Waals surface area (Å²) >= 11 is 0. The maximum atomic E-state index is 12.4. The molecule has 1 aliphatic rings. The molecule has 0 aromatic heterocycles. The Balaban J connectivity index is 2.13. The average Bonchev–Trinajstić information content (AvgIpc) is 2.71. The van der Waals surface area contributed by atoms with E-state index in [1.54, 1.807) is 31.2 Å². The highest BCUT2D eigenvalue weighted by molar-refractivity contribution is 5.94.